The van der Waals surface area contributed by atoms with Crippen LogP contribution in [0.4, 0.5) is 11.4 Å². The molecule has 0 spiro atoms. The Morgan fingerprint density at radius 1 is 0.880 bits per heavy atom. The highest BCUT2D eigenvalue weighted by Gasteiger charge is 2.14. The van der Waals surface area contributed by atoms with Crippen molar-refractivity contribution >= 4 is 56.6 Å². The van der Waals surface area contributed by atoms with Crippen LogP contribution in [0.25, 0.3) is 0 Å². The standard InChI is InChI=1S/C17H15BrN2O4S/c1-23-15(21)10-7-11(16(22)24-2)9-14(8-10)20-17(25)19-13-5-3-12(18)4-6-13/h3-9H,1-2H3,(H2,19,20,25). The number of ether oxygens (including phenoxy) is 2. The van der Waals surface area contributed by atoms with E-state index < -0.39 is 11.9 Å². The summed E-state index contributed by atoms with van der Waals surface area (Å²) in [4.78, 5) is 23.6. The molecule has 0 bridgehead atoms. The third-order valence-electron chi connectivity index (χ3n) is 3.14. The summed E-state index contributed by atoms with van der Waals surface area (Å²) in [5, 5.41) is 6.25. The van der Waals surface area contributed by atoms with Crippen molar-refractivity contribution in [3.63, 3.8) is 0 Å². The summed E-state index contributed by atoms with van der Waals surface area (Å²) in [6.45, 7) is 0. The Morgan fingerprint density at radius 3 is 1.84 bits per heavy atom. The van der Waals surface area contributed by atoms with Crippen molar-refractivity contribution in [3.05, 3.63) is 58.1 Å². The summed E-state index contributed by atoms with van der Waals surface area (Å²) in [6.07, 6.45) is 0. The quantitative estimate of drug-likeness (QED) is 0.572. The molecule has 2 aromatic rings. The first-order valence-corrected chi connectivity index (χ1v) is 8.28. The maximum absolute atomic E-state index is 11.8. The average molecular weight is 423 g/mol. The summed E-state index contributed by atoms with van der Waals surface area (Å²) in [5.74, 6) is -1.14. The van der Waals surface area contributed by atoms with Crippen LogP contribution in [0, 0.1) is 0 Å². The molecule has 130 valence electrons. The topological polar surface area (TPSA) is 76.7 Å². The van der Waals surface area contributed by atoms with E-state index in [0.717, 1.165) is 10.2 Å². The molecule has 25 heavy (non-hydrogen) atoms. The maximum atomic E-state index is 11.8. The Hall–Kier alpha value is -2.45. The van der Waals surface area contributed by atoms with Crippen molar-refractivity contribution in [2.75, 3.05) is 24.9 Å². The molecule has 2 rings (SSSR count). The number of anilines is 2. The van der Waals surface area contributed by atoms with Gasteiger partial charge in [0.2, 0.25) is 0 Å². The molecule has 0 amide bonds. The molecular weight excluding hydrogens is 408 g/mol. The van der Waals surface area contributed by atoms with Crippen molar-refractivity contribution < 1.29 is 19.1 Å². The largest absolute Gasteiger partial charge is 0.465 e. The number of hydrogen-bond acceptors (Lipinski definition) is 5. The smallest absolute Gasteiger partial charge is 0.337 e. The van der Waals surface area contributed by atoms with Crippen LogP contribution in [-0.2, 0) is 9.47 Å². The van der Waals surface area contributed by atoms with Gasteiger partial charge in [0.15, 0.2) is 5.11 Å². The number of esters is 2. The fourth-order valence-electron chi connectivity index (χ4n) is 2.00. The molecule has 0 saturated carbocycles. The Morgan fingerprint density at radius 2 is 1.36 bits per heavy atom. The summed E-state index contributed by atoms with van der Waals surface area (Å²) in [5.41, 5.74) is 1.66. The molecule has 0 aromatic heterocycles. The third kappa shape index (κ3) is 5.27. The van der Waals surface area contributed by atoms with Crippen LogP contribution < -0.4 is 10.6 Å². The first kappa shape index (κ1) is 18.9. The van der Waals surface area contributed by atoms with Gasteiger partial charge in [0, 0.05) is 15.8 Å². The minimum absolute atomic E-state index is 0.208. The Balaban J connectivity index is 2.21. The second kappa shape index (κ2) is 8.59. The van der Waals surface area contributed by atoms with Gasteiger partial charge in [-0.25, -0.2) is 9.59 Å². The van der Waals surface area contributed by atoms with Crippen molar-refractivity contribution in [2.45, 2.75) is 0 Å². The Bertz CT molecular complexity index is 775. The average Bonchev–Trinajstić information content (AvgIpc) is 2.61. The Kier molecular flexibility index (Phi) is 6.49. The van der Waals surface area contributed by atoms with Crippen molar-refractivity contribution in [3.8, 4) is 0 Å². The molecule has 0 unspecified atom stereocenters. The molecule has 0 fully saturated rings. The van der Waals surface area contributed by atoms with E-state index >= 15 is 0 Å². The number of halogens is 1. The highest BCUT2D eigenvalue weighted by atomic mass is 79.9. The van der Waals surface area contributed by atoms with Gasteiger partial charge in [0.25, 0.3) is 0 Å². The fraction of sp³-hybridized carbons (Fsp3) is 0.118. The number of rotatable bonds is 4. The van der Waals surface area contributed by atoms with Crippen LogP contribution in [0.2, 0.25) is 0 Å². The van der Waals surface area contributed by atoms with Gasteiger partial charge in [-0.3, -0.25) is 0 Å². The van der Waals surface area contributed by atoms with Crippen LogP contribution in [0.5, 0.6) is 0 Å². The van der Waals surface area contributed by atoms with Crippen LogP contribution in [-0.4, -0.2) is 31.3 Å². The van der Waals surface area contributed by atoms with Gasteiger partial charge in [-0.05, 0) is 54.7 Å². The molecule has 0 heterocycles. The number of benzene rings is 2. The predicted molar refractivity (Wildman–Crippen MR) is 103 cm³/mol. The van der Waals surface area contributed by atoms with E-state index in [1.807, 2.05) is 24.3 Å². The predicted octanol–water partition coefficient (Wildman–Crippen LogP) is 3.83. The van der Waals surface area contributed by atoms with E-state index in [1.165, 1.54) is 32.4 Å². The van der Waals surface area contributed by atoms with E-state index in [2.05, 4.69) is 26.6 Å². The molecular formula is C17H15BrN2O4S. The molecule has 0 aliphatic rings. The molecule has 2 aromatic carbocycles. The monoisotopic (exact) mass is 422 g/mol. The molecule has 0 aliphatic heterocycles. The zero-order valence-electron chi connectivity index (χ0n) is 13.5. The minimum Gasteiger partial charge on any atom is -0.465 e. The number of carbonyl (C=O) groups excluding carboxylic acids is 2. The number of thiocarbonyl (C=S) groups is 1. The van der Waals surface area contributed by atoms with Crippen LogP contribution in [0.3, 0.4) is 0 Å². The summed E-state index contributed by atoms with van der Waals surface area (Å²) in [6, 6.07) is 11.9. The van der Waals surface area contributed by atoms with Gasteiger partial charge in [0.1, 0.15) is 0 Å². The first-order chi connectivity index (χ1) is 11.9. The number of hydrogen-bond donors (Lipinski definition) is 2. The van der Waals surface area contributed by atoms with E-state index in [4.69, 9.17) is 21.7 Å². The summed E-state index contributed by atoms with van der Waals surface area (Å²) in [7, 11) is 2.53. The van der Waals surface area contributed by atoms with Gasteiger partial charge in [-0.2, -0.15) is 0 Å². The van der Waals surface area contributed by atoms with Gasteiger partial charge in [-0.15, -0.1) is 0 Å². The highest BCUT2D eigenvalue weighted by Crippen LogP contribution is 2.18. The molecule has 2 N–H and O–H groups in total. The molecule has 0 saturated heterocycles. The first-order valence-electron chi connectivity index (χ1n) is 7.08. The lowest BCUT2D eigenvalue weighted by Crippen LogP contribution is -2.20. The van der Waals surface area contributed by atoms with Crippen molar-refractivity contribution in [1.82, 2.24) is 0 Å². The van der Waals surface area contributed by atoms with Gasteiger partial charge >= 0.3 is 11.9 Å². The fourth-order valence-corrected chi connectivity index (χ4v) is 2.50. The molecule has 6 nitrogen and oxygen atoms in total. The van der Waals surface area contributed by atoms with Gasteiger partial charge < -0.3 is 20.1 Å². The second-order valence-corrected chi connectivity index (χ2v) is 6.19. The van der Waals surface area contributed by atoms with Crippen molar-refractivity contribution in [1.29, 1.82) is 0 Å². The zero-order valence-corrected chi connectivity index (χ0v) is 15.9. The van der Waals surface area contributed by atoms with Crippen LogP contribution in [0.15, 0.2) is 46.9 Å². The summed E-state index contributed by atoms with van der Waals surface area (Å²) < 4.78 is 10.3. The lowest BCUT2D eigenvalue weighted by molar-refractivity contribution is 0.0599. The summed E-state index contributed by atoms with van der Waals surface area (Å²) >= 11 is 8.62. The number of nitrogens with one attached hydrogen (secondary N) is 2. The molecule has 8 heteroatoms. The van der Waals surface area contributed by atoms with E-state index in [1.54, 1.807) is 0 Å². The third-order valence-corrected chi connectivity index (χ3v) is 3.87. The van der Waals surface area contributed by atoms with Crippen LogP contribution in [0.1, 0.15) is 20.7 Å². The van der Waals surface area contributed by atoms with Crippen molar-refractivity contribution in [2.24, 2.45) is 0 Å². The van der Waals surface area contributed by atoms with Gasteiger partial charge in [0.05, 0.1) is 25.3 Å². The lowest BCUT2D eigenvalue weighted by atomic mass is 10.1. The van der Waals surface area contributed by atoms with E-state index in [0.29, 0.717) is 10.8 Å². The highest BCUT2D eigenvalue weighted by molar-refractivity contribution is 9.10. The molecule has 0 atom stereocenters. The lowest BCUT2D eigenvalue weighted by Gasteiger charge is -2.13. The Labute approximate surface area is 158 Å². The number of carbonyl (C=O) groups is 2. The molecule has 0 radical (unpaired) electrons. The van der Waals surface area contributed by atoms with E-state index in [9.17, 15) is 9.59 Å². The normalized spacial score (nSPS) is 9.88. The van der Waals surface area contributed by atoms with Crippen LogP contribution >= 0.6 is 28.1 Å². The van der Waals surface area contributed by atoms with Gasteiger partial charge in [-0.1, -0.05) is 15.9 Å². The SMILES string of the molecule is COC(=O)c1cc(NC(=S)Nc2ccc(Br)cc2)cc(C(=O)OC)c1. The minimum atomic E-state index is -0.569. The maximum Gasteiger partial charge on any atom is 0.337 e. The second-order valence-electron chi connectivity index (χ2n) is 4.87. The zero-order chi connectivity index (χ0) is 18.4. The number of methoxy groups -OCH3 is 2. The van der Waals surface area contributed by atoms with E-state index in [-0.39, 0.29) is 11.1 Å². The molecule has 0 aliphatic carbocycles.